The molecule has 5 nitrogen and oxygen atoms in total. The van der Waals surface area contributed by atoms with Crippen LogP contribution in [0.15, 0.2) is 42.5 Å². The highest BCUT2D eigenvalue weighted by molar-refractivity contribution is 5.90. The molecule has 5 heteroatoms. The van der Waals surface area contributed by atoms with Crippen LogP contribution in [0, 0.1) is 0 Å². The average Bonchev–Trinajstić information content (AvgIpc) is 2.90. The number of amides is 1. The number of methoxy groups -OCH3 is 1. The van der Waals surface area contributed by atoms with E-state index in [0.29, 0.717) is 17.9 Å². The number of hydrogen-bond acceptors (Lipinski definition) is 4. The van der Waals surface area contributed by atoms with Gasteiger partial charge in [0, 0.05) is 19.4 Å². The summed E-state index contributed by atoms with van der Waals surface area (Å²) in [7, 11) is 1.58. The minimum absolute atomic E-state index is 0.00391. The van der Waals surface area contributed by atoms with Crippen molar-refractivity contribution in [1.82, 2.24) is 5.32 Å². The van der Waals surface area contributed by atoms with E-state index in [9.17, 15) is 9.90 Å². The molecule has 132 valence electrons. The first-order chi connectivity index (χ1) is 12.0. The molecule has 0 spiro atoms. The van der Waals surface area contributed by atoms with Gasteiger partial charge in [0.1, 0.15) is 5.75 Å². The van der Waals surface area contributed by atoms with E-state index in [2.05, 4.69) is 22.8 Å². The Morgan fingerprint density at radius 3 is 2.76 bits per heavy atom. The number of fused-ring (bicyclic) bond motifs is 1. The third kappa shape index (κ3) is 3.67. The van der Waals surface area contributed by atoms with Gasteiger partial charge < -0.3 is 20.5 Å². The quantitative estimate of drug-likeness (QED) is 0.783. The van der Waals surface area contributed by atoms with Gasteiger partial charge in [-0.1, -0.05) is 30.3 Å². The van der Waals surface area contributed by atoms with Crippen LogP contribution in [0.2, 0.25) is 0 Å². The number of hydrogen-bond donors (Lipinski definition) is 3. The molecule has 0 heterocycles. The van der Waals surface area contributed by atoms with Crippen molar-refractivity contribution in [3.8, 4) is 5.75 Å². The van der Waals surface area contributed by atoms with E-state index in [1.54, 1.807) is 7.11 Å². The molecule has 2 aromatic rings. The maximum Gasteiger partial charge on any atom is 0.221 e. The van der Waals surface area contributed by atoms with Gasteiger partial charge in [-0.25, -0.2) is 0 Å². The second kappa shape index (κ2) is 7.25. The van der Waals surface area contributed by atoms with Crippen LogP contribution in [-0.4, -0.2) is 24.2 Å². The molecule has 1 aliphatic rings. The van der Waals surface area contributed by atoms with Gasteiger partial charge in [0.15, 0.2) is 0 Å². The zero-order valence-corrected chi connectivity index (χ0v) is 14.7. The monoisotopic (exact) mass is 340 g/mol. The molecular weight excluding hydrogens is 316 g/mol. The zero-order valence-electron chi connectivity index (χ0n) is 14.7. The molecule has 3 rings (SSSR count). The van der Waals surface area contributed by atoms with Gasteiger partial charge in [0.2, 0.25) is 5.91 Å². The van der Waals surface area contributed by atoms with Gasteiger partial charge >= 0.3 is 0 Å². The van der Waals surface area contributed by atoms with Crippen molar-refractivity contribution in [3.05, 3.63) is 59.2 Å². The smallest absolute Gasteiger partial charge is 0.221 e. The minimum Gasteiger partial charge on any atom is -0.495 e. The zero-order chi connectivity index (χ0) is 18.0. The number of rotatable bonds is 5. The summed E-state index contributed by atoms with van der Waals surface area (Å²) in [5, 5.41) is 16.7. The lowest BCUT2D eigenvalue weighted by Gasteiger charge is -2.24. The molecule has 2 aromatic carbocycles. The minimum atomic E-state index is -0.437. The van der Waals surface area contributed by atoms with Crippen LogP contribution in [0.25, 0.3) is 0 Å². The summed E-state index contributed by atoms with van der Waals surface area (Å²) in [6.07, 6.45) is 0.230. The Balaban J connectivity index is 1.82. The molecule has 0 radical (unpaired) electrons. The molecule has 1 aliphatic carbocycles. The molecule has 0 aliphatic heterocycles. The van der Waals surface area contributed by atoms with E-state index in [-0.39, 0.29) is 18.0 Å². The Morgan fingerprint density at radius 2 is 2.04 bits per heavy atom. The predicted octanol–water partition coefficient (Wildman–Crippen LogP) is 2.96. The van der Waals surface area contributed by atoms with Gasteiger partial charge in [0.05, 0.1) is 24.9 Å². The largest absolute Gasteiger partial charge is 0.495 e. The number of nitrogens with one attached hydrogen (secondary N) is 2. The number of carbonyl (C=O) groups is 1. The molecule has 0 saturated carbocycles. The Kier molecular flexibility index (Phi) is 5.06. The summed E-state index contributed by atoms with van der Waals surface area (Å²) in [5.74, 6) is 0.480. The lowest BCUT2D eigenvalue weighted by molar-refractivity contribution is -0.114. The molecule has 3 unspecified atom stereocenters. The molecule has 0 saturated heterocycles. The fourth-order valence-electron chi connectivity index (χ4n) is 3.42. The van der Waals surface area contributed by atoms with Gasteiger partial charge in [-0.3, -0.25) is 4.79 Å². The highest BCUT2D eigenvalue weighted by Crippen LogP contribution is 2.34. The van der Waals surface area contributed by atoms with Gasteiger partial charge in [0.25, 0.3) is 0 Å². The van der Waals surface area contributed by atoms with Crippen LogP contribution in [0.5, 0.6) is 5.75 Å². The Bertz CT molecular complexity index is 775. The van der Waals surface area contributed by atoms with Crippen molar-refractivity contribution < 1.29 is 14.6 Å². The van der Waals surface area contributed by atoms with E-state index < -0.39 is 6.10 Å². The molecule has 1 amide bonds. The number of benzene rings is 2. The fraction of sp³-hybridized carbons (Fsp3) is 0.350. The molecule has 25 heavy (non-hydrogen) atoms. The first-order valence-electron chi connectivity index (χ1n) is 8.47. The predicted molar refractivity (Wildman–Crippen MR) is 97.7 cm³/mol. The van der Waals surface area contributed by atoms with Crippen LogP contribution in [0.3, 0.4) is 0 Å². The van der Waals surface area contributed by atoms with Crippen LogP contribution in [-0.2, 0) is 11.2 Å². The first-order valence-corrected chi connectivity index (χ1v) is 8.47. The highest BCUT2D eigenvalue weighted by Gasteiger charge is 2.31. The molecular formula is C20H24N2O3. The van der Waals surface area contributed by atoms with Gasteiger partial charge in [-0.2, -0.15) is 0 Å². The Morgan fingerprint density at radius 1 is 1.28 bits per heavy atom. The number of anilines is 1. The van der Waals surface area contributed by atoms with Gasteiger partial charge in [-0.05, 0) is 35.7 Å². The summed E-state index contributed by atoms with van der Waals surface area (Å²) in [5.41, 5.74) is 4.00. The van der Waals surface area contributed by atoms with E-state index in [1.807, 2.05) is 37.3 Å². The third-order valence-electron chi connectivity index (χ3n) is 4.67. The average molecular weight is 340 g/mol. The number of aliphatic hydroxyl groups is 1. The molecule has 3 atom stereocenters. The lowest BCUT2D eigenvalue weighted by atomic mass is 10.0. The number of ether oxygens (including phenoxy) is 1. The third-order valence-corrected chi connectivity index (χ3v) is 4.67. The van der Waals surface area contributed by atoms with Crippen LogP contribution >= 0.6 is 0 Å². The standard InChI is InChI=1S/C20H24N2O3/c1-12(14-8-9-19(25-3)17(10-14)22-13(2)23)21-20-16-7-5-4-6-15(16)11-18(20)24/h4-10,12,18,20-21,24H,11H2,1-3H3,(H,22,23). The Hall–Kier alpha value is -2.37. The molecule has 0 fully saturated rings. The topological polar surface area (TPSA) is 70.6 Å². The Labute approximate surface area is 148 Å². The van der Waals surface area contributed by atoms with Crippen LogP contribution in [0.4, 0.5) is 5.69 Å². The van der Waals surface area contributed by atoms with Crippen molar-refractivity contribution in [2.45, 2.75) is 38.5 Å². The summed E-state index contributed by atoms with van der Waals surface area (Å²) in [6.45, 7) is 3.52. The molecule has 0 aromatic heterocycles. The van der Waals surface area contributed by atoms with Crippen molar-refractivity contribution in [2.75, 3.05) is 12.4 Å². The van der Waals surface area contributed by atoms with E-state index >= 15 is 0 Å². The second-order valence-corrected chi connectivity index (χ2v) is 6.48. The van der Waals surface area contributed by atoms with Crippen molar-refractivity contribution in [3.63, 3.8) is 0 Å². The number of aliphatic hydroxyl groups excluding tert-OH is 1. The summed E-state index contributed by atoms with van der Waals surface area (Å²) in [6, 6.07) is 13.7. The van der Waals surface area contributed by atoms with E-state index in [4.69, 9.17) is 4.74 Å². The van der Waals surface area contributed by atoms with E-state index in [0.717, 1.165) is 11.1 Å². The van der Waals surface area contributed by atoms with Crippen molar-refractivity contribution in [1.29, 1.82) is 0 Å². The second-order valence-electron chi connectivity index (χ2n) is 6.48. The van der Waals surface area contributed by atoms with Crippen molar-refractivity contribution >= 4 is 11.6 Å². The maximum atomic E-state index is 11.4. The highest BCUT2D eigenvalue weighted by atomic mass is 16.5. The summed E-state index contributed by atoms with van der Waals surface area (Å²) >= 11 is 0. The summed E-state index contributed by atoms with van der Waals surface area (Å²) in [4.78, 5) is 11.4. The normalized spacial score (nSPS) is 20.0. The van der Waals surface area contributed by atoms with Crippen LogP contribution in [0.1, 0.15) is 42.6 Å². The van der Waals surface area contributed by atoms with E-state index in [1.165, 1.54) is 12.5 Å². The van der Waals surface area contributed by atoms with Gasteiger partial charge in [-0.15, -0.1) is 0 Å². The summed E-state index contributed by atoms with van der Waals surface area (Å²) < 4.78 is 5.30. The fourth-order valence-corrected chi connectivity index (χ4v) is 3.42. The first kappa shape index (κ1) is 17.5. The molecule has 3 N–H and O–H groups in total. The maximum absolute atomic E-state index is 11.4. The molecule has 0 bridgehead atoms. The SMILES string of the molecule is COc1ccc(C(C)NC2c3ccccc3CC2O)cc1NC(C)=O. The lowest BCUT2D eigenvalue weighted by Crippen LogP contribution is -2.31. The van der Waals surface area contributed by atoms with Crippen LogP contribution < -0.4 is 15.4 Å². The van der Waals surface area contributed by atoms with Crippen molar-refractivity contribution in [2.24, 2.45) is 0 Å². The number of carbonyl (C=O) groups excluding carboxylic acids is 1.